The molecular formula is C5H10NO+. The maximum atomic E-state index is 4.85. The zero-order valence-corrected chi connectivity index (χ0v) is 4.69. The van der Waals surface area contributed by atoms with Gasteiger partial charge in [-0.25, -0.2) is 0 Å². The van der Waals surface area contributed by atoms with Crippen molar-refractivity contribution in [1.82, 2.24) is 0 Å². The van der Waals surface area contributed by atoms with Gasteiger partial charge in [0.25, 0.3) is 0 Å². The van der Waals surface area contributed by atoms with Gasteiger partial charge in [-0.1, -0.05) is 0 Å². The average Bonchev–Trinajstić information content (AvgIpc) is 1.84. The molecule has 0 unspecified atom stereocenters. The fourth-order valence-corrected chi connectivity index (χ4v) is 0.471. The minimum Gasteiger partial charge on any atom is -0.278 e. The Balaban J connectivity index is 2.57. The summed E-state index contributed by atoms with van der Waals surface area (Å²) in [5.41, 5.74) is 0.236. The first kappa shape index (κ1) is 4.62. The van der Waals surface area contributed by atoms with Crippen LogP contribution in [0.3, 0.4) is 0 Å². The van der Waals surface area contributed by atoms with Gasteiger partial charge in [0, 0.05) is 0 Å². The number of nitrogens with one attached hydrogen (secondary N) is 1. The van der Waals surface area contributed by atoms with Crippen LogP contribution in [0.15, 0.2) is 0 Å². The van der Waals surface area contributed by atoms with Crippen molar-refractivity contribution < 1.29 is 9.99 Å². The average molecular weight is 100 g/mol. The summed E-state index contributed by atoms with van der Waals surface area (Å²) >= 11 is 0. The van der Waals surface area contributed by atoms with Gasteiger partial charge in [0.15, 0.2) is 12.8 Å². The van der Waals surface area contributed by atoms with Crippen molar-refractivity contribution in [1.29, 1.82) is 0 Å². The van der Waals surface area contributed by atoms with Crippen LogP contribution in [0.4, 0.5) is 0 Å². The molecule has 1 N–H and O–H groups in total. The van der Waals surface area contributed by atoms with Crippen LogP contribution >= 0.6 is 0 Å². The molecule has 0 atom stereocenters. The van der Waals surface area contributed by atoms with E-state index in [0.29, 0.717) is 0 Å². The molecule has 0 radical (unpaired) electrons. The molecule has 1 aliphatic heterocycles. The van der Waals surface area contributed by atoms with Crippen LogP contribution in [-0.4, -0.2) is 12.8 Å². The predicted octanol–water partition coefficient (Wildman–Crippen LogP) is -0.891. The Kier molecular flexibility index (Phi) is 0.805. The maximum Gasteiger partial charge on any atom is 0.199 e. The van der Waals surface area contributed by atoms with Gasteiger partial charge >= 0.3 is 0 Å². The summed E-state index contributed by atoms with van der Waals surface area (Å²) in [4.78, 5) is 4.85. The highest BCUT2D eigenvalue weighted by Crippen LogP contribution is 2.09. The van der Waals surface area contributed by atoms with Crippen molar-refractivity contribution in [2.24, 2.45) is 5.41 Å². The molecule has 0 fully saturated rings. The SMILES string of the molecule is CC1(C)C=[NH+]OC1. The molecule has 7 heavy (non-hydrogen) atoms. The van der Waals surface area contributed by atoms with E-state index in [-0.39, 0.29) is 5.41 Å². The lowest BCUT2D eigenvalue weighted by Gasteiger charge is -2.01. The van der Waals surface area contributed by atoms with E-state index in [0.717, 1.165) is 6.61 Å². The third kappa shape index (κ3) is 0.918. The normalized spacial score (nSPS) is 24.9. The van der Waals surface area contributed by atoms with Gasteiger partial charge in [0.2, 0.25) is 0 Å². The Morgan fingerprint density at radius 3 is 2.57 bits per heavy atom. The molecule has 40 valence electrons. The number of rotatable bonds is 0. The van der Waals surface area contributed by atoms with Crippen molar-refractivity contribution in [3.05, 3.63) is 0 Å². The highest BCUT2D eigenvalue weighted by Gasteiger charge is 2.26. The molecule has 0 spiro atoms. The molecule has 0 aromatic heterocycles. The minimum absolute atomic E-state index is 0.236. The molecule has 1 rings (SSSR count). The quantitative estimate of drug-likeness (QED) is 0.419. The fraction of sp³-hybridized carbons (Fsp3) is 0.800. The van der Waals surface area contributed by atoms with E-state index in [1.165, 1.54) is 0 Å². The molecule has 2 nitrogen and oxygen atoms in total. The summed E-state index contributed by atoms with van der Waals surface area (Å²) < 4.78 is 0. The van der Waals surface area contributed by atoms with Crippen LogP contribution in [0.1, 0.15) is 13.8 Å². The maximum absolute atomic E-state index is 4.85. The molecule has 0 amide bonds. The summed E-state index contributed by atoms with van der Waals surface area (Å²) in [6.45, 7) is 5.02. The van der Waals surface area contributed by atoms with Gasteiger partial charge in [-0.15, -0.1) is 0 Å². The van der Waals surface area contributed by atoms with Gasteiger partial charge in [-0.2, -0.15) is 0 Å². The van der Waals surface area contributed by atoms with Crippen LogP contribution < -0.4 is 5.16 Å². The van der Waals surface area contributed by atoms with Gasteiger partial charge < -0.3 is 0 Å². The van der Waals surface area contributed by atoms with Crippen molar-refractivity contribution >= 4 is 6.21 Å². The summed E-state index contributed by atoms with van der Waals surface area (Å²) in [5, 5.41) is 2.69. The molecule has 1 aliphatic rings. The monoisotopic (exact) mass is 100 g/mol. The molecule has 0 aromatic rings. The van der Waals surface area contributed by atoms with E-state index >= 15 is 0 Å². The Bertz CT molecular complexity index is 96.3. The molecule has 1 heterocycles. The minimum atomic E-state index is 0.236. The van der Waals surface area contributed by atoms with Gasteiger partial charge in [-0.05, 0) is 19.0 Å². The second kappa shape index (κ2) is 1.22. The van der Waals surface area contributed by atoms with Gasteiger partial charge in [0.05, 0.1) is 5.41 Å². The standard InChI is InChI=1S/C5H9NO/c1-5(2)3-6-7-4-5/h3H,4H2,1-2H3/p+1. The summed E-state index contributed by atoms with van der Waals surface area (Å²) in [5.74, 6) is 0. The van der Waals surface area contributed by atoms with Gasteiger partial charge in [-0.3, -0.25) is 4.84 Å². The number of hydrogen-bond acceptors (Lipinski definition) is 1. The van der Waals surface area contributed by atoms with Crippen molar-refractivity contribution in [2.75, 3.05) is 6.61 Å². The largest absolute Gasteiger partial charge is 0.278 e. The Morgan fingerprint density at radius 2 is 2.43 bits per heavy atom. The zero-order valence-electron chi connectivity index (χ0n) is 4.69. The van der Waals surface area contributed by atoms with E-state index in [9.17, 15) is 0 Å². The topological polar surface area (TPSA) is 23.2 Å². The lowest BCUT2D eigenvalue weighted by molar-refractivity contribution is -0.739. The van der Waals surface area contributed by atoms with Crippen LogP contribution in [0.5, 0.6) is 0 Å². The second-order valence-electron chi connectivity index (χ2n) is 2.54. The Labute approximate surface area is 43.2 Å². The molecule has 0 saturated carbocycles. The highest BCUT2D eigenvalue weighted by molar-refractivity contribution is 5.59. The van der Waals surface area contributed by atoms with Crippen LogP contribution in [0, 0.1) is 5.41 Å². The zero-order chi connectivity index (χ0) is 5.33. The van der Waals surface area contributed by atoms with E-state index < -0.39 is 0 Å². The predicted molar refractivity (Wildman–Crippen MR) is 26.8 cm³/mol. The first-order chi connectivity index (χ1) is 3.21. The third-order valence-corrected chi connectivity index (χ3v) is 0.977. The van der Waals surface area contributed by atoms with Crippen molar-refractivity contribution in [3.63, 3.8) is 0 Å². The summed E-state index contributed by atoms with van der Waals surface area (Å²) in [6.07, 6.45) is 1.95. The molecule has 0 aliphatic carbocycles. The molecule has 0 saturated heterocycles. The van der Waals surface area contributed by atoms with E-state index in [4.69, 9.17) is 4.84 Å². The fourth-order valence-electron chi connectivity index (χ4n) is 0.471. The van der Waals surface area contributed by atoms with Crippen LogP contribution in [-0.2, 0) is 4.84 Å². The first-order valence-corrected chi connectivity index (χ1v) is 2.42. The van der Waals surface area contributed by atoms with Crippen LogP contribution in [0.25, 0.3) is 0 Å². The lowest BCUT2D eigenvalue weighted by Crippen LogP contribution is -2.64. The van der Waals surface area contributed by atoms with E-state index in [1.54, 1.807) is 0 Å². The van der Waals surface area contributed by atoms with Crippen molar-refractivity contribution in [2.45, 2.75) is 13.8 Å². The van der Waals surface area contributed by atoms with E-state index in [2.05, 4.69) is 19.0 Å². The van der Waals surface area contributed by atoms with Crippen molar-refractivity contribution in [3.8, 4) is 0 Å². The van der Waals surface area contributed by atoms with E-state index in [1.807, 2.05) is 6.21 Å². The Hall–Kier alpha value is -0.530. The third-order valence-electron chi connectivity index (χ3n) is 0.977. The van der Waals surface area contributed by atoms with Crippen LogP contribution in [0.2, 0.25) is 0 Å². The van der Waals surface area contributed by atoms with Gasteiger partial charge in [0.1, 0.15) is 0 Å². The first-order valence-electron chi connectivity index (χ1n) is 2.42. The lowest BCUT2D eigenvalue weighted by atomic mass is 9.98. The smallest absolute Gasteiger partial charge is 0.199 e. The summed E-state index contributed by atoms with van der Waals surface area (Å²) in [7, 11) is 0. The molecule has 0 aromatic carbocycles. The Morgan fingerprint density at radius 1 is 1.71 bits per heavy atom. The molecular weight excluding hydrogens is 90.1 g/mol. The second-order valence-corrected chi connectivity index (χ2v) is 2.54. The summed E-state index contributed by atoms with van der Waals surface area (Å²) in [6, 6.07) is 0. The number of hydrogen-bond donors (Lipinski definition) is 1. The highest BCUT2D eigenvalue weighted by atomic mass is 16.6. The molecule has 0 bridgehead atoms. The molecule has 2 heteroatoms.